The number of halogens is 2. The lowest BCUT2D eigenvalue weighted by Gasteiger charge is -2.06. The SMILES string of the molecule is CC(Cl)Nc1cc(I)ccn1. The first-order chi connectivity index (χ1) is 5.18. The Morgan fingerprint density at radius 2 is 2.45 bits per heavy atom. The largest absolute Gasteiger partial charge is 0.354 e. The van der Waals surface area contributed by atoms with Gasteiger partial charge in [0.15, 0.2) is 0 Å². The third-order valence-electron chi connectivity index (χ3n) is 1.07. The van der Waals surface area contributed by atoms with E-state index in [2.05, 4.69) is 32.9 Å². The molecule has 1 heterocycles. The van der Waals surface area contributed by atoms with E-state index < -0.39 is 0 Å². The zero-order valence-corrected chi connectivity index (χ0v) is 8.93. The first-order valence-corrected chi connectivity index (χ1v) is 4.72. The van der Waals surface area contributed by atoms with Gasteiger partial charge in [-0.05, 0) is 41.6 Å². The lowest BCUT2D eigenvalue weighted by Crippen LogP contribution is -2.07. The third kappa shape index (κ3) is 3.25. The van der Waals surface area contributed by atoms with Crippen molar-refractivity contribution < 1.29 is 0 Å². The van der Waals surface area contributed by atoms with Crippen LogP contribution in [0.15, 0.2) is 18.3 Å². The van der Waals surface area contributed by atoms with E-state index in [0.717, 1.165) is 9.39 Å². The summed E-state index contributed by atoms with van der Waals surface area (Å²) >= 11 is 7.94. The molecule has 0 spiro atoms. The van der Waals surface area contributed by atoms with Crippen LogP contribution in [0.25, 0.3) is 0 Å². The van der Waals surface area contributed by atoms with Gasteiger partial charge in [-0.2, -0.15) is 0 Å². The first-order valence-electron chi connectivity index (χ1n) is 3.20. The fraction of sp³-hybridized carbons (Fsp3) is 0.286. The van der Waals surface area contributed by atoms with Gasteiger partial charge in [0.05, 0.1) is 5.50 Å². The standard InChI is InChI=1S/C7H8ClIN2/c1-5(8)11-7-4-6(9)2-3-10-7/h2-5H,1H3,(H,10,11). The maximum Gasteiger partial charge on any atom is 0.128 e. The Kier molecular flexibility index (Phi) is 3.39. The Balaban J connectivity index is 2.71. The van der Waals surface area contributed by atoms with Crippen molar-refractivity contribution in [2.24, 2.45) is 0 Å². The molecule has 0 saturated heterocycles. The van der Waals surface area contributed by atoms with Crippen molar-refractivity contribution in [3.8, 4) is 0 Å². The number of hydrogen-bond donors (Lipinski definition) is 1. The topological polar surface area (TPSA) is 24.9 Å². The Morgan fingerprint density at radius 3 is 3.00 bits per heavy atom. The molecule has 1 unspecified atom stereocenters. The second kappa shape index (κ2) is 4.11. The molecule has 0 aliphatic heterocycles. The molecule has 0 aromatic carbocycles. The summed E-state index contributed by atoms with van der Waals surface area (Å²) in [4.78, 5) is 4.08. The molecule has 1 rings (SSSR count). The quantitative estimate of drug-likeness (QED) is 0.512. The number of pyridine rings is 1. The lowest BCUT2D eigenvalue weighted by molar-refractivity contribution is 1.08. The highest BCUT2D eigenvalue weighted by Crippen LogP contribution is 2.10. The van der Waals surface area contributed by atoms with Crippen LogP contribution in [0.3, 0.4) is 0 Å². The molecular formula is C7H8ClIN2. The minimum Gasteiger partial charge on any atom is -0.354 e. The summed E-state index contributed by atoms with van der Waals surface area (Å²) in [6.45, 7) is 1.86. The minimum atomic E-state index is -0.0827. The average molecular weight is 283 g/mol. The van der Waals surface area contributed by atoms with Gasteiger partial charge in [-0.1, -0.05) is 11.6 Å². The van der Waals surface area contributed by atoms with E-state index in [4.69, 9.17) is 11.6 Å². The van der Waals surface area contributed by atoms with E-state index in [1.54, 1.807) is 6.20 Å². The van der Waals surface area contributed by atoms with Crippen molar-refractivity contribution in [3.05, 3.63) is 21.9 Å². The Bertz CT molecular complexity index is 240. The van der Waals surface area contributed by atoms with E-state index in [9.17, 15) is 0 Å². The van der Waals surface area contributed by atoms with E-state index in [1.165, 1.54) is 0 Å². The van der Waals surface area contributed by atoms with Crippen molar-refractivity contribution in [1.82, 2.24) is 4.98 Å². The van der Waals surface area contributed by atoms with Crippen molar-refractivity contribution >= 4 is 40.0 Å². The van der Waals surface area contributed by atoms with Crippen molar-refractivity contribution in [1.29, 1.82) is 0 Å². The predicted molar refractivity (Wildman–Crippen MR) is 55.9 cm³/mol. The summed E-state index contributed by atoms with van der Waals surface area (Å²) < 4.78 is 1.15. The van der Waals surface area contributed by atoms with Gasteiger partial charge in [-0.15, -0.1) is 0 Å². The normalized spacial score (nSPS) is 12.6. The summed E-state index contributed by atoms with van der Waals surface area (Å²) in [7, 11) is 0. The number of nitrogens with one attached hydrogen (secondary N) is 1. The molecule has 0 amide bonds. The van der Waals surface area contributed by atoms with E-state index in [1.807, 2.05) is 19.1 Å². The van der Waals surface area contributed by atoms with Gasteiger partial charge in [0.1, 0.15) is 5.82 Å². The molecular weight excluding hydrogens is 274 g/mol. The monoisotopic (exact) mass is 282 g/mol. The van der Waals surface area contributed by atoms with E-state index >= 15 is 0 Å². The Hall–Kier alpha value is -0.0300. The van der Waals surface area contributed by atoms with Crippen molar-refractivity contribution in [2.45, 2.75) is 12.4 Å². The van der Waals surface area contributed by atoms with Gasteiger partial charge in [0.25, 0.3) is 0 Å². The number of hydrogen-bond acceptors (Lipinski definition) is 2. The lowest BCUT2D eigenvalue weighted by atomic mass is 10.4. The molecule has 0 fully saturated rings. The molecule has 1 aromatic rings. The highest BCUT2D eigenvalue weighted by molar-refractivity contribution is 14.1. The highest BCUT2D eigenvalue weighted by Gasteiger charge is 1.96. The predicted octanol–water partition coefficient (Wildman–Crippen LogP) is 2.68. The van der Waals surface area contributed by atoms with Crippen LogP contribution in [0.4, 0.5) is 5.82 Å². The molecule has 0 saturated carbocycles. The van der Waals surface area contributed by atoms with Gasteiger partial charge in [0, 0.05) is 9.77 Å². The molecule has 0 radical (unpaired) electrons. The smallest absolute Gasteiger partial charge is 0.128 e. The molecule has 11 heavy (non-hydrogen) atoms. The van der Waals surface area contributed by atoms with Crippen LogP contribution >= 0.6 is 34.2 Å². The van der Waals surface area contributed by atoms with Crippen LogP contribution in [0.5, 0.6) is 0 Å². The van der Waals surface area contributed by atoms with Crippen molar-refractivity contribution in [3.63, 3.8) is 0 Å². The minimum absolute atomic E-state index is 0.0827. The number of nitrogens with zero attached hydrogens (tertiary/aromatic N) is 1. The summed E-state index contributed by atoms with van der Waals surface area (Å²) in [6.07, 6.45) is 1.75. The third-order valence-corrected chi connectivity index (χ3v) is 1.85. The van der Waals surface area contributed by atoms with Crippen LogP contribution in [0, 0.1) is 3.57 Å². The molecule has 0 aliphatic carbocycles. The molecule has 0 bridgehead atoms. The van der Waals surface area contributed by atoms with Gasteiger partial charge in [0.2, 0.25) is 0 Å². The van der Waals surface area contributed by atoms with E-state index in [-0.39, 0.29) is 5.50 Å². The molecule has 1 atom stereocenters. The van der Waals surface area contributed by atoms with Gasteiger partial charge >= 0.3 is 0 Å². The highest BCUT2D eigenvalue weighted by atomic mass is 127. The first kappa shape index (κ1) is 9.06. The fourth-order valence-corrected chi connectivity index (χ4v) is 1.26. The average Bonchev–Trinajstić information content (AvgIpc) is 1.85. The molecule has 60 valence electrons. The maximum atomic E-state index is 5.71. The molecule has 4 heteroatoms. The molecule has 1 aromatic heterocycles. The zero-order chi connectivity index (χ0) is 8.27. The second-order valence-corrected chi connectivity index (χ2v) is 4.02. The molecule has 1 N–H and O–H groups in total. The summed E-state index contributed by atoms with van der Waals surface area (Å²) in [5, 5.41) is 3.00. The fourth-order valence-electron chi connectivity index (χ4n) is 0.687. The molecule has 0 aliphatic rings. The number of aromatic nitrogens is 1. The number of anilines is 1. The van der Waals surface area contributed by atoms with Gasteiger partial charge in [-0.25, -0.2) is 4.98 Å². The maximum absolute atomic E-state index is 5.71. The van der Waals surface area contributed by atoms with Crippen LogP contribution in [0.1, 0.15) is 6.92 Å². The van der Waals surface area contributed by atoms with Gasteiger partial charge in [-0.3, -0.25) is 0 Å². The van der Waals surface area contributed by atoms with Crippen molar-refractivity contribution in [2.75, 3.05) is 5.32 Å². The van der Waals surface area contributed by atoms with Gasteiger partial charge < -0.3 is 5.32 Å². The summed E-state index contributed by atoms with van der Waals surface area (Å²) in [5.74, 6) is 0.819. The van der Waals surface area contributed by atoms with Crippen LogP contribution < -0.4 is 5.32 Å². The number of rotatable bonds is 2. The number of alkyl halides is 1. The van der Waals surface area contributed by atoms with Crippen LogP contribution in [-0.4, -0.2) is 10.5 Å². The van der Waals surface area contributed by atoms with Crippen LogP contribution in [-0.2, 0) is 0 Å². The Labute approximate surface area is 84.5 Å². The van der Waals surface area contributed by atoms with Crippen LogP contribution in [0.2, 0.25) is 0 Å². The second-order valence-electron chi connectivity index (χ2n) is 2.12. The summed E-state index contributed by atoms with van der Waals surface area (Å²) in [6, 6.07) is 3.88. The molecule has 2 nitrogen and oxygen atoms in total. The summed E-state index contributed by atoms with van der Waals surface area (Å²) in [5.41, 5.74) is -0.0827. The zero-order valence-electron chi connectivity index (χ0n) is 6.01. The van der Waals surface area contributed by atoms with E-state index in [0.29, 0.717) is 0 Å². The Morgan fingerprint density at radius 1 is 1.73 bits per heavy atom.